The summed E-state index contributed by atoms with van der Waals surface area (Å²) in [4.78, 5) is 21.3. The fourth-order valence-corrected chi connectivity index (χ4v) is 1.92. The van der Waals surface area contributed by atoms with E-state index < -0.39 is 10.8 Å². The van der Waals surface area contributed by atoms with Crippen LogP contribution in [0.25, 0.3) is 0 Å². The molecule has 1 atom stereocenters. The van der Waals surface area contributed by atoms with Crippen molar-refractivity contribution in [2.24, 2.45) is 0 Å². The molecule has 1 rings (SSSR count). The monoisotopic (exact) mass is 328 g/mol. The van der Waals surface area contributed by atoms with E-state index in [-0.39, 0.29) is 5.97 Å². The number of esters is 1. The van der Waals surface area contributed by atoms with Crippen LogP contribution in [-0.2, 0) is 36.3 Å². The van der Waals surface area contributed by atoms with Crippen molar-refractivity contribution >= 4 is 23.1 Å². The lowest BCUT2D eigenvalue weighted by molar-refractivity contribution is -0.144. The van der Waals surface area contributed by atoms with Crippen molar-refractivity contribution in [1.29, 1.82) is 0 Å². The predicted octanol–water partition coefficient (Wildman–Crippen LogP) is 2.14. The summed E-state index contributed by atoms with van der Waals surface area (Å²) in [7, 11) is 0.602. The zero-order chi connectivity index (χ0) is 16.8. The lowest BCUT2D eigenvalue weighted by Gasteiger charge is -2.04. The molecule has 0 spiro atoms. The molecule has 124 valence electrons. The molecule has 0 radical (unpaired) electrons. The van der Waals surface area contributed by atoms with Crippen molar-refractivity contribution in [3.63, 3.8) is 0 Å². The second kappa shape index (κ2) is 13.2. The van der Waals surface area contributed by atoms with E-state index in [9.17, 15) is 13.8 Å². The zero-order valence-electron chi connectivity index (χ0n) is 13.4. The molecule has 5 nitrogen and oxygen atoms in total. The Balaban J connectivity index is 0.000000980. The summed E-state index contributed by atoms with van der Waals surface area (Å²) in [5, 5.41) is 0. The molecular formula is C16H24O5S. The Morgan fingerprint density at radius 3 is 2.27 bits per heavy atom. The normalized spacial score (nSPS) is 11.0. The van der Waals surface area contributed by atoms with Gasteiger partial charge in [-0.05, 0) is 24.1 Å². The van der Waals surface area contributed by atoms with Crippen LogP contribution >= 0.6 is 0 Å². The lowest BCUT2D eigenvalue weighted by atomic mass is 10.1. The van der Waals surface area contributed by atoms with E-state index in [1.54, 1.807) is 13.4 Å². The first kappa shape index (κ1) is 20.5. The summed E-state index contributed by atoms with van der Waals surface area (Å²) < 4.78 is 20.9. The maximum absolute atomic E-state index is 11.3. The van der Waals surface area contributed by atoms with Crippen molar-refractivity contribution in [2.45, 2.75) is 31.1 Å². The minimum absolute atomic E-state index is 0.227. The Morgan fingerprint density at radius 2 is 1.82 bits per heavy atom. The molecule has 0 bridgehead atoms. The maximum Gasteiger partial charge on any atom is 0.306 e. The van der Waals surface area contributed by atoms with Gasteiger partial charge in [-0.3, -0.25) is 9.00 Å². The van der Waals surface area contributed by atoms with Crippen LogP contribution in [0.5, 0.6) is 0 Å². The Labute approximate surface area is 134 Å². The number of ether oxygens (including phenoxy) is 2. The van der Waals surface area contributed by atoms with Gasteiger partial charge >= 0.3 is 5.97 Å². The summed E-state index contributed by atoms with van der Waals surface area (Å²) in [6, 6.07) is 7.42. The first-order valence-electron chi connectivity index (χ1n) is 7.05. The third kappa shape index (κ3) is 10.2. The van der Waals surface area contributed by atoms with Gasteiger partial charge in [0.1, 0.15) is 12.9 Å². The number of carbonyl (C=O) groups is 2. The number of aryl methyl sites for hydroxylation is 1. The van der Waals surface area contributed by atoms with Crippen LogP contribution in [0.1, 0.15) is 25.3 Å². The Bertz CT molecular complexity index is 456. The number of carbonyl (C=O) groups excluding carboxylic acids is 2. The van der Waals surface area contributed by atoms with Crippen molar-refractivity contribution in [1.82, 2.24) is 0 Å². The van der Waals surface area contributed by atoms with Gasteiger partial charge in [-0.1, -0.05) is 19.1 Å². The fourth-order valence-electron chi connectivity index (χ4n) is 1.41. The minimum atomic E-state index is -0.961. The first-order valence-corrected chi connectivity index (χ1v) is 8.61. The third-order valence-electron chi connectivity index (χ3n) is 2.59. The van der Waals surface area contributed by atoms with Crippen LogP contribution in [0, 0.1) is 0 Å². The Kier molecular flexibility index (Phi) is 12.2. The van der Waals surface area contributed by atoms with Gasteiger partial charge in [-0.2, -0.15) is 0 Å². The molecular weight excluding hydrogens is 304 g/mol. The number of hydrogen-bond donors (Lipinski definition) is 0. The molecule has 0 aliphatic heterocycles. The van der Waals surface area contributed by atoms with Gasteiger partial charge in [0.15, 0.2) is 0 Å². The van der Waals surface area contributed by atoms with Crippen LogP contribution in [0.15, 0.2) is 29.2 Å². The second-order valence-electron chi connectivity index (χ2n) is 4.39. The third-order valence-corrected chi connectivity index (χ3v) is 3.53. The number of aldehydes is 1. The Morgan fingerprint density at radius 1 is 1.23 bits per heavy atom. The van der Waals surface area contributed by atoms with Crippen LogP contribution in [0.3, 0.4) is 0 Å². The molecule has 6 heteroatoms. The summed E-state index contributed by atoms with van der Waals surface area (Å²) in [6.45, 7) is 2.53. The number of benzene rings is 1. The molecule has 0 heterocycles. The average molecular weight is 328 g/mol. The first-order chi connectivity index (χ1) is 10.5. The van der Waals surface area contributed by atoms with Gasteiger partial charge in [0.25, 0.3) is 0 Å². The van der Waals surface area contributed by atoms with Crippen LogP contribution in [0.2, 0.25) is 0 Å². The van der Waals surface area contributed by atoms with E-state index in [1.807, 2.05) is 31.2 Å². The van der Waals surface area contributed by atoms with E-state index in [1.165, 1.54) is 0 Å². The van der Waals surface area contributed by atoms with Gasteiger partial charge in [-0.25, -0.2) is 0 Å². The van der Waals surface area contributed by atoms with Crippen LogP contribution in [-0.4, -0.2) is 43.0 Å². The highest BCUT2D eigenvalue weighted by molar-refractivity contribution is 7.84. The molecule has 0 saturated heterocycles. The van der Waals surface area contributed by atoms with Crippen LogP contribution < -0.4 is 0 Å². The molecule has 0 fully saturated rings. The fraction of sp³-hybridized carbons (Fsp3) is 0.500. The molecule has 0 aliphatic carbocycles. The molecule has 0 aliphatic rings. The highest BCUT2D eigenvalue weighted by atomic mass is 32.2. The van der Waals surface area contributed by atoms with E-state index in [4.69, 9.17) is 9.47 Å². The lowest BCUT2D eigenvalue weighted by Crippen LogP contribution is -2.10. The predicted molar refractivity (Wildman–Crippen MR) is 86.3 cm³/mol. The molecule has 1 aromatic carbocycles. The van der Waals surface area contributed by atoms with Gasteiger partial charge in [0.05, 0.1) is 6.61 Å². The molecule has 0 saturated carbocycles. The van der Waals surface area contributed by atoms with Crippen molar-refractivity contribution in [3.05, 3.63) is 29.8 Å². The average Bonchev–Trinajstić information content (AvgIpc) is 2.53. The van der Waals surface area contributed by atoms with E-state index in [0.29, 0.717) is 32.5 Å². The standard InChI is InChI=1S/C13H18O4S.C3H6O/c1-16-9-10-17-13(14)8-5-11-3-6-12(7-4-11)18(2)15;1-2-3-4/h3-4,6-7H,5,8-10H2,1-2H3;3H,2H2,1H3. The van der Waals surface area contributed by atoms with Crippen molar-refractivity contribution < 1.29 is 23.3 Å². The molecule has 0 amide bonds. The second-order valence-corrected chi connectivity index (χ2v) is 5.77. The van der Waals surface area contributed by atoms with Crippen molar-refractivity contribution in [3.8, 4) is 0 Å². The summed E-state index contributed by atoms with van der Waals surface area (Å²) in [5.41, 5.74) is 1.04. The highest BCUT2D eigenvalue weighted by Crippen LogP contribution is 2.09. The molecule has 1 aromatic rings. The maximum atomic E-state index is 11.3. The summed E-state index contributed by atoms with van der Waals surface area (Å²) >= 11 is 0. The van der Waals surface area contributed by atoms with Gasteiger partial charge in [0, 0.05) is 41.9 Å². The Hall–Kier alpha value is -1.53. The van der Waals surface area contributed by atoms with Crippen molar-refractivity contribution in [2.75, 3.05) is 26.6 Å². The van der Waals surface area contributed by atoms with E-state index in [0.717, 1.165) is 16.7 Å². The largest absolute Gasteiger partial charge is 0.463 e. The summed E-state index contributed by atoms with van der Waals surface area (Å²) in [6.07, 6.45) is 4.13. The number of rotatable bonds is 8. The smallest absolute Gasteiger partial charge is 0.306 e. The molecule has 1 unspecified atom stereocenters. The van der Waals surface area contributed by atoms with Gasteiger partial charge in [0.2, 0.25) is 0 Å². The van der Waals surface area contributed by atoms with E-state index >= 15 is 0 Å². The van der Waals surface area contributed by atoms with E-state index in [2.05, 4.69) is 0 Å². The molecule has 0 N–H and O–H groups in total. The zero-order valence-corrected chi connectivity index (χ0v) is 14.2. The van der Waals surface area contributed by atoms with Gasteiger partial charge in [-0.15, -0.1) is 0 Å². The van der Waals surface area contributed by atoms with Crippen LogP contribution in [0.4, 0.5) is 0 Å². The molecule has 22 heavy (non-hydrogen) atoms. The minimum Gasteiger partial charge on any atom is -0.463 e. The van der Waals surface area contributed by atoms with Gasteiger partial charge < -0.3 is 14.3 Å². The number of hydrogen-bond acceptors (Lipinski definition) is 5. The highest BCUT2D eigenvalue weighted by Gasteiger charge is 2.04. The quantitative estimate of drug-likeness (QED) is 0.415. The number of methoxy groups -OCH3 is 1. The topological polar surface area (TPSA) is 69.7 Å². The SMILES string of the molecule is CCC=O.COCCOC(=O)CCc1ccc(S(C)=O)cc1. The summed E-state index contributed by atoms with van der Waals surface area (Å²) in [5.74, 6) is -0.227. The molecule has 0 aromatic heterocycles.